The SMILES string of the molecule is COC(=O)c1ccccc1CN(CCC(=O)O)c1ccc(C)c(C)c1. The molecule has 0 spiro atoms. The van der Waals surface area contributed by atoms with Crippen LogP contribution < -0.4 is 4.90 Å². The van der Waals surface area contributed by atoms with Gasteiger partial charge in [0.25, 0.3) is 0 Å². The number of ether oxygens (including phenoxy) is 1. The Labute approximate surface area is 147 Å². The van der Waals surface area contributed by atoms with E-state index in [9.17, 15) is 9.59 Å². The minimum atomic E-state index is -0.852. The zero-order valence-corrected chi connectivity index (χ0v) is 14.8. The second-order valence-corrected chi connectivity index (χ2v) is 5.98. The normalized spacial score (nSPS) is 10.4. The highest BCUT2D eigenvalue weighted by atomic mass is 16.5. The van der Waals surface area contributed by atoms with Crippen molar-refractivity contribution in [3.8, 4) is 0 Å². The zero-order valence-electron chi connectivity index (χ0n) is 14.8. The molecule has 0 unspecified atom stereocenters. The van der Waals surface area contributed by atoms with E-state index in [-0.39, 0.29) is 6.42 Å². The summed E-state index contributed by atoms with van der Waals surface area (Å²) in [6, 6.07) is 13.3. The van der Waals surface area contributed by atoms with E-state index >= 15 is 0 Å². The number of methoxy groups -OCH3 is 1. The van der Waals surface area contributed by atoms with Gasteiger partial charge in [-0.25, -0.2) is 4.79 Å². The van der Waals surface area contributed by atoms with Crippen LogP contribution in [0.2, 0.25) is 0 Å². The highest BCUT2D eigenvalue weighted by Gasteiger charge is 2.16. The molecule has 5 heteroatoms. The maximum atomic E-state index is 12.0. The first-order chi connectivity index (χ1) is 11.9. The minimum absolute atomic E-state index is 0.0211. The van der Waals surface area contributed by atoms with E-state index in [0.717, 1.165) is 16.8 Å². The number of carbonyl (C=O) groups excluding carboxylic acids is 1. The number of aliphatic carboxylic acids is 1. The number of benzene rings is 2. The van der Waals surface area contributed by atoms with Crippen molar-refractivity contribution < 1.29 is 19.4 Å². The fourth-order valence-corrected chi connectivity index (χ4v) is 2.63. The van der Waals surface area contributed by atoms with Gasteiger partial charge < -0.3 is 14.7 Å². The van der Waals surface area contributed by atoms with Gasteiger partial charge in [0.15, 0.2) is 0 Å². The summed E-state index contributed by atoms with van der Waals surface area (Å²) in [6.45, 7) is 4.85. The number of carboxylic acids is 1. The number of anilines is 1. The minimum Gasteiger partial charge on any atom is -0.481 e. The average Bonchev–Trinajstić information content (AvgIpc) is 2.60. The smallest absolute Gasteiger partial charge is 0.338 e. The predicted octanol–water partition coefficient (Wildman–Crippen LogP) is 3.57. The Morgan fingerprint density at radius 1 is 1.08 bits per heavy atom. The molecule has 2 aromatic rings. The maximum Gasteiger partial charge on any atom is 0.338 e. The maximum absolute atomic E-state index is 12.0. The van der Waals surface area contributed by atoms with Gasteiger partial charge in [0, 0.05) is 18.8 Å². The van der Waals surface area contributed by atoms with Gasteiger partial charge in [-0.15, -0.1) is 0 Å². The van der Waals surface area contributed by atoms with Gasteiger partial charge in [-0.3, -0.25) is 4.79 Å². The summed E-state index contributed by atoms with van der Waals surface area (Å²) in [5, 5.41) is 9.05. The van der Waals surface area contributed by atoms with E-state index in [1.54, 1.807) is 12.1 Å². The van der Waals surface area contributed by atoms with Crippen molar-refractivity contribution in [2.75, 3.05) is 18.6 Å². The van der Waals surface area contributed by atoms with Crippen LogP contribution in [0.1, 0.15) is 33.5 Å². The van der Waals surface area contributed by atoms with E-state index in [1.165, 1.54) is 12.7 Å². The van der Waals surface area contributed by atoms with Gasteiger partial charge in [0.2, 0.25) is 0 Å². The molecule has 0 aromatic heterocycles. The lowest BCUT2D eigenvalue weighted by Gasteiger charge is -2.26. The topological polar surface area (TPSA) is 66.8 Å². The summed E-state index contributed by atoms with van der Waals surface area (Å²) >= 11 is 0. The Balaban J connectivity index is 2.35. The molecule has 2 aromatic carbocycles. The Morgan fingerprint density at radius 3 is 2.44 bits per heavy atom. The van der Waals surface area contributed by atoms with Gasteiger partial charge in [-0.05, 0) is 48.7 Å². The molecule has 0 atom stereocenters. The van der Waals surface area contributed by atoms with Crippen LogP contribution in [0.15, 0.2) is 42.5 Å². The van der Waals surface area contributed by atoms with E-state index in [1.807, 2.05) is 49.1 Å². The van der Waals surface area contributed by atoms with E-state index < -0.39 is 11.9 Å². The van der Waals surface area contributed by atoms with E-state index in [4.69, 9.17) is 9.84 Å². The second-order valence-electron chi connectivity index (χ2n) is 5.98. The molecule has 0 saturated carbocycles. The quantitative estimate of drug-likeness (QED) is 0.780. The van der Waals surface area contributed by atoms with Crippen LogP contribution in [0.25, 0.3) is 0 Å². The lowest BCUT2D eigenvalue weighted by atomic mass is 10.1. The first-order valence-electron chi connectivity index (χ1n) is 8.12. The molecule has 0 aliphatic rings. The van der Waals surface area contributed by atoms with Crippen LogP contribution in [0.4, 0.5) is 5.69 Å². The molecule has 0 aliphatic carbocycles. The third kappa shape index (κ3) is 4.83. The van der Waals surface area contributed by atoms with Crippen molar-refractivity contribution in [3.05, 3.63) is 64.7 Å². The summed E-state index contributed by atoms with van der Waals surface area (Å²) in [5.41, 5.74) is 4.55. The molecule has 0 heterocycles. The molecule has 0 bridgehead atoms. The van der Waals surface area contributed by atoms with E-state index in [0.29, 0.717) is 18.7 Å². The number of carboxylic acid groups (broad SMARTS) is 1. The van der Waals surface area contributed by atoms with Gasteiger partial charge in [0.05, 0.1) is 19.1 Å². The van der Waals surface area contributed by atoms with Crippen molar-refractivity contribution in [1.82, 2.24) is 0 Å². The molecule has 132 valence electrons. The third-order valence-corrected chi connectivity index (χ3v) is 4.24. The summed E-state index contributed by atoms with van der Waals surface area (Å²) < 4.78 is 4.85. The standard InChI is InChI=1S/C20H23NO4/c1-14-8-9-17(12-15(14)2)21(11-10-19(22)23)13-16-6-4-5-7-18(16)20(24)25-3/h4-9,12H,10-11,13H2,1-3H3,(H,22,23). The number of hydrogen-bond acceptors (Lipinski definition) is 4. The molecule has 25 heavy (non-hydrogen) atoms. The van der Waals surface area contributed by atoms with Crippen molar-refractivity contribution in [1.29, 1.82) is 0 Å². The molecule has 0 amide bonds. The first-order valence-corrected chi connectivity index (χ1v) is 8.12. The monoisotopic (exact) mass is 341 g/mol. The van der Waals surface area contributed by atoms with Gasteiger partial charge in [-0.1, -0.05) is 24.3 Å². The Kier molecular flexibility index (Phi) is 6.17. The molecule has 0 saturated heterocycles. The van der Waals surface area contributed by atoms with Crippen LogP contribution in [0.5, 0.6) is 0 Å². The molecule has 1 N–H and O–H groups in total. The molecular weight excluding hydrogens is 318 g/mol. The van der Waals surface area contributed by atoms with Gasteiger partial charge in [0.1, 0.15) is 0 Å². The molecular formula is C20H23NO4. The van der Waals surface area contributed by atoms with Crippen molar-refractivity contribution >= 4 is 17.6 Å². The average molecular weight is 341 g/mol. The molecule has 0 radical (unpaired) electrons. The molecule has 0 aliphatic heterocycles. The lowest BCUT2D eigenvalue weighted by molar-refractivity contribution is -0.136. The number of rotatable bonds is 7. The number of aryl methyl sites for hydroxylation is 2. The van der Waals surface area contributed by atoms with Crippen LogP contribution in [-0.2, 0) is 16.1 Å². The van der Waals surface area contributed by atoms with Gasteiger partial charge >= 0.3 is 11.9 Å². The summed E-state index contributed by atoms with van der Waals surface area (Å²) in [6.07, 6.45) is 0.0211. The fourth-order valence-electron chi connectivity index (χ4n) is 2.63. The van der Waals surface area contributed by atoms with Crippen LogP contribution >= 0.6 is 0 Å². The first kappa shape index (κ1) is 18.5. The van der Waals surface area contributed by atoms with Crippen molar-refractivity contribution in [3.63, 3.8) is 0 Å². The van der Waals surface area contributed by atoms with Crippen molar-refractivity contribution in [2.45, 2.75) is 26.8 Å². The van der Waals surface area contributed by atoms with Gasteiger partial charge in [-0.2, -0.15) is 0 Å². The highest BCUT2D eigenvalue weighted by Crippen LogP contribution is 2.23. The fraction of sp³-hybridized carbons (Fsp3) is 0.300. The number of nitrogens with zero attached hydrogens (tertiary/aromatic N) is 1. The summed E-state index contributed by atoms with van der Waals surface area (Å²) in [7, 11) is 1.35. The van der Waals surface area contributed by atoms with E-state index in [2.05, 4.69) is 0 Å². The predicted molar refractivity (Wildman–Crippen MR) is 97.0 cm³/mol. The Bertz CT molecular complexity index is 770. The number of esters is 1. The largest absolute Gasteiger partial charge is 0.481 e. The second kappa shape index (κ2) is 8.33. The highest BCUT2D eigenvalue weighted by molar-refractivity contribution is 5.91. The van der Waals surface area contributed by atoms with Crippen molar-refractivity contribution in [2.24, 2.45) is 0 Å². The van der Waals surface area contributed by atoms with Crippen LogP contribution in [0, 0.1) is 13.8 Å². The molecule has 0 fully saturated rings. The number of hydrogen-bond donors (Lipinski definition) is 1. The zero-order chi connectivity index (χ0) is 18.4. The Morgan fingerprint density at radius 2 is 1.80 bits per heavy atom. The number of carbonyl (C=O) groups is 2. The Hall–Kier alpha value is -2.82. The van der Waals surface area contributed by atoms with Crippen LogP contribution in [-0.4, -0.2) is 30.7 Å². The van der Waals surface area contributed by atoms with Crippen LogP contribution in [0.3, 0.4) is 0 Å². The summed E-state index contributed by atoms with van der Waals surface area (Å²) in [4.78, 5) is 25.0. The molecule has 2 rings (SSSR count). The molecule has 5 nitrogen and oxygen atoms in total. The lowest BCUT2D eigenvalue weighted by Crippen LogP contribution is -2.27. The third-order valence-electron chi connectivity index (χ3n) is 4.24. The summed E-state index contributed by atoms with van der Waals surface area (Å²) in [5.74, 6) is -1.25.